The van der Waals surface area contributed by atoms with Gasteiger partial charge in [-0.25, -0.2) is 4.79 Å². The lowest BCUT2D eigenvalue weighted by Crippen LogP contribution is -2.62. The van der Waals surface area contributed by atoms with Gasteiger partial charge in [0.2, 0.25) is 65.0 Å². The summed E-state index contributed by atoms with van der Waals surface area (Å²) >= 11 is 0. The SMILES string of the molecule is CC(C)CCCCCCCC[C@H]1O[C@@H]1C(=O)N[C@@H](CO)C(=O)N[C@@H]1C(=O)N[C@H](Cc2c[nH]c3ccccc23)C(=O)N[C@@H](CC(=O)O)C(=O)N[C@@H](CC(=O)O)C(=O)N[C@H](c2ccc(O)cc2)C(=O)N[C@@H](CC(=O)O)C(=O)NCC(=O)N[C@H]([C@H](O)C(N)=O)C(=O)N[C@H](CCC(=O)O)C(=O)N/C(=C\c2c[nH]c3ccccc23)C(=O)O[C@@H]1C. The number of nitrogens with one attached hydrogen (secondary N) is 13. The van der Waals surface area contributed by atoms with Gasteiger partial charge in [-0.2, -0.15) is 0 Å². The number of phenolic OH excluding ortho intramolecular Hbond substituents is 1. The first-order valence-corrected chi connectivity index (χ1v) is 36.4. The zero-order chi connectivity index (χ0) is 83.6. The Hall–Kier alpha value is -12.9. The number of primary amides is 1. The maximum Gasteiger partial charge on any atom is 0.355 e. The van der Waals surface area contributed by atoms with Crippen molar-refractivity contribution in [1.82, 2.24) is 68.5 Å². The first-order chi connectivity index (χ1) is 54.1. The molecule has 7 rings (SSSR count). The van der Waals surface area contributed by atoms with E-state index in [0.29, 0.717) is 40.6 Å². The number of esters is 1. The Bertz CT molecular complexity index is 4430. The maximum atomic E-state index is 15.4. The van der Waals surface area contributed by atoms with E-state index < -0.39 is 243 Å². The predicted molar refractivity (Wildman–Crippen MR) is 396 cm³/mol. The number of cyclic esters (lactones) is 1. The van der Waals surface area contributed by atoms with Gasteiger partial charge in [-0.3, -0.25) is 76.7 Å². The number of hydrogen-bond donors (Lipinski definition) is 21. The molecule has 0 spiro atoms. The second-order valence-electron chi connectivity index (χ2n) is 27.6. The average Bonchev–Trinajstić information content (AvgIpc) is 1.61. The molecule has 2 fully saturated rings. The number of ether oxygens (including phenoxy) is 2. The van der Waals surface area contributed by atoms with Crippen LogP contribution in [0.1, 0.15) is 127 Å². The van der Waals surface area contributed by atoms with Crippen LogP contribution in [0, 0.1) is 5.92 Å². The van der Waals surface area contributed by atoms with E-state index in [1.165, 1.54) is 12.4 Å². The molecule has 40 nitrogen and oxygen atoms in total. The number of aromatic hydroxyl groups is 1. The topological polar surface area (TPSA) is 643 Å². The van der Waals surface area contributed by atoms with Gasteiger partial charge >= 0.3 is 29.8 Å². The number of aliphatic carboxylic acids is 4. The van der Waals surface area contributed by atoms with E-state index in [9.17, 15) is 103 Å². The van der Waals surface area contributed by atoms with Crippen LogP contribution < -0.4 is 64.2 Å². The van der Waals surface area contributed by atoms with Crippen LogP contribution in [-0.4, -0.2) is 232 Å². The van der Waals surface area contributed by atoms with Crippen molar-refractivity contribution in [3.63, 3.8) is 0 Å². The minimum Gasteiger partial charge on any atom is -0.508 e. The number of aliphatic hydroxyl groups is 2. The molecule has 0 saturated carbocycles. The van der Waals surface area contributed by atoms with Crippen LogP contribution in [0.3, 0.4) is 0 Å². The minimum absolute atomic E-state index is 0.0962. The zero-order valence-corrected chi connectivity index (χ0v) is 62.0. The van der Waals surface area contributed by atoms with Gasteiger partial charge in [0.15, 0.2) is 12.2 Å². The van der Waals surface area contributed by atoms with Gasteiger partial charge in [0.05, 0.1) is 38.5 Å². The highest BCUT2D eigenvalue weighted by Gasteiger charge is 2.46. The Balaban J connectivity index is 1.34. The third kappa shape index (κ3) is 26.4. The number of H-pyrrole nitrogens is 2. The third-order valence-corrected chi connectivity index (χ3v) is 18.4. The van der Waals surface area contributed by atoms with E-state index in [1.54, 1.807) is 48.5 Å². The van der Waals surface area contributed by atoms with Gasteiger partial charge in [-0.1, -0.05) is 107 Å². The Kier molecular flexibility index (Phi) is 32.5. The number of amides is 12. The molecule has 614 valence electrons. The second-order valence-corrected chi connectivity index (χ2v) is 27.6. The summed E-state index contributed by atoms with van der Waals surface area (Å²) in [5.74, 6) is -26.3. The van der Waals surface area contributed by atoms with Crippen molar-refractivity contribution in [3.8, 4) is 5.75 Å². The molecule has 0 unspecified atom stereocenters. The molecule has 5 aromatic rings. The molecule has 0 aliphatic carbocycles. The summed E-state index contributed by atoms with van der Waals surface area (Å²) in [5, 5.41) is 96.5. The summed E-state index contributed by atoms with van der Waals surface area (Å²) < 4.78 is 11.5. The van der Waals surface area contributed by atoms with Gasteiger partial charge in [0.1, 0.15) is 71.9 Å². The number of fused-ring (bicyclic) bond motifs is 2. The number of aromatic amines is 2. The molecule has 114 heavy (non-hydrogen) atoms. The number of carboxylic acid groups (broad SMARTS) is 4. The highest BCUT2D eigenvalue weighted by Crippen LogP contribution is 2.29. The van der Waals surface area contributed by atoms with Gasteiger partial charge in [0.25, 0.3) is 5.91 Å². The average molecular weight is 1590 g/mol. The van der Waals surface area contributed by atoms with Crippen molar-refractivity contribution < 1.29 is 127 Å². The van der Waals surface area contributed by atoms with E-state index in [0.717, 1.165) is 75.8 Å². The number of phenols is 1. The van der Waals surface area contributed by atoms with Crippen molar-refractivity contribution in [2.45, 2.75) is 189 Å². The molecule has 2 aromatic heterocycles. The number of aliphatic hydroxyl groups excluding tert-OH is 2. The van der Waals surface area contributed by atoms with Crippen molar-refractivity contribution >= 4 is 129 Å². The molecular formula is C74H92N14O26. The number of rotatable bonds is 29. The van der Waals surface area contributed by atoms with Gasteiger partial charge < -0.3 is 119 Å². The van der Waals surface area contributed by atoms with Gasteiger partial charge in [0, 0.05) is 52.6 Å². The molecule has 22 N–H and O–H groups in total. The molecule has 3 aromatic carbocycles. The van der Waals surface area contributed by atoms with Crippen LogP contribution in [0.25, 0.3) is 27.9 Å². The highest BCUT2D eigenvalue weighted by molar-refractivity contribution is 6.05. The van der Waals surface area contributed by atoms with E-state index in [-0.39, 0.29) is 16.7 Å². The normalized spacial score (nSPS) is 23.1. The number of nitrogens with two attached hydrogens (primary N) is 1. The lowest BCUT2D eigenvalue weighted by molar-refractivity contribution is -0.150. The largest absolute Gasteiger partial charge is 0.508 e. The molecular weight excluding hydrogens is 1500 g/mol. The summed E-state index contributed by atoms with van der Waals surface area (Å²) in [6, 6.07) is -3.40. The first kappa shape index (κ1) is 88.4. The van der Waals surface area contributed by atoms with Crippen LogP contribution in [0.4, 0.5) is 0 Å². The summed E-state index contributed by atoms with van der Waals surface area (Å²) in [6.07, 6.45) is -2.09. The fourth-order valence-electron chi connectivity index (χ4n) is 12.2. The Morgan fingerprint density at radius 2 is 1.14 bits per heavy atom. The Morgan fingerprint density at radius 1 is 0.596 bits per heavy atom. The molecule has 4 heterocycles. The fourth-order valence-corrected chi connectivity index (χ4v) is 12.2. The Morgan fingerprint density at radius 3 is 1.75 bits per heavy atom. The summed E-state index contributed by atoms with van der Waals surface area (Å²) in [7, 11) is 0. The standard InChI is InChI=1S/C74H92N14O26/c1-35(2)14-8-6-4-5-7-9-19-52-62(114-52)73(111)85-51(34-89)69(107)87-58-36(3)113-74(112)50(27-39-32-77-44-18-13-11-16-42(39)44)84-65(103)45(24-25-54(92)93)79-72(110)60(61(100)63(75)101)86-53(91)33-78-64(102)47(28-55(94)95)83-71(109)59(37-20-22-40(90)23-21-37)88-68(106)49(30-57(98)99)81-67(105)48(29-56(96)97)80-66(104)46(82-70(58)108)26-38-31-76-43-17-12-10-15-41(38)43/h10-13,15-18,20-23,27,31-32,35-36,45-49,51-52,58-62,76-77,89-90,100H,4-9,14,19,24-26,28-30,33-34H2,1-3H3,(H2,75,101)(H,78,102)(H,79,110)(H,80,104)(H,81,105)(H,82,108)(H,83,109)(H,84,103)(H,85,111)(H,86,91)(H,87,107)(H,88,106)(H,92,93)(H,94,95)(H,96,97)(H,98,99)/b50-27-/t36-,45-,46-,47+,48+,49+,51+,52-,58+,59-,60-,61+,62+/m1/s1. The molecule has 0 radical (unpaired) electrons. The summed E-state index contributed by atoms with van der Waals surface area (Å²) in [5.41, 5.74) is 5.35. The number of aromatic nitrogens is 2. The number of hydrogen-bond acceptors (Lipinski definition) is 22. The van der Waals surface area contributed by atoms with Crippen LogP contribution in [0.5, 0.6) is 5.75 Å². The number of benzene rings is 3. The second kappa shape index (κ2) is 42.0. The smallest absolute Gasteiger partial charge is 0.355 e. The lowest BCUT2D eigenvalue weighted by atomic mass is 10.0. The van der Waals surface area contributed by atoms with Crippen molar-refractivity contribution in [3.05, 3.63) is 108 Å². The molecule has 2 aliphatic rings. The summed E-state index contributed by atoms with van der Waals surface area (Å²) in [6.45, 7) is 2.81. The Labute approximate surface area is 649 Å². The van der Waals surface area contributed by atoms with E-state index in [1.807, 2.05) is 21.3 Å². The molecule has 40 heteroatoms. The number of carbonyl (C=O) groups is 17. The number of carbonyl (C=O) groups excluding carboxylic acids is 13. The quantitative estimate of drug-likeness (QED) is 0.0102. The molecule has 0 bridgehead atoms. The monoisotopic (exact) mass is 1590 g/mol. The molecule has 13 atom stereocenters. The zero-order valence-electron chi connectivity index (χ0n) is 62.0. The van der Waals surface area contributed by atoms with Crippen molar-refractivity contribution in [1.29, 1.82) is 0 Å². The van der Waals surface area contributed by atoms with E-state index in [2.05, 4.69) is 61.0 Å². The van der Waals surface area contributed by atoms with E-state index in [4.69, 9.17) is 15.2 Å². The number of unbranched alkanes of at least 4 members (excludes halogenated alkanes) is 5. The number of carboxylic acids is 4. The highest BCUT2D eigenvalue weighted by atomic mass is 16.6. The van der Waals surface area contributed by atoms with Crippen molar-refractivity contribution in [2.75, 3.05) is 13.2 Å². The molecule has 2 aliphatic heterocycles. The number of para-hydroxylation sites is 2. The van der Waals surface area contributed by atoms with Crippen LogP contribution in [-0.2, 0) is 97.4 Å². The van der Waals surface area contributed by atoms with Crippen molar-refractivity contribution in [2.24, 2.45) is 11.7 Å². The van der Waals surface area contributed by atoms with Gasteiger partial charge in [-0.15, -0.1) is 0 Å². The molecule has 12 amide bonds. The first-order valence-electron chi connectivity index (χ1n) is 36.4. The fraction of sp³-hybridized carbons (Fsp3) is 0.446. The predicted octanol–water partition coefficient (Wildman–Crippen LogP) is -2.48. The van der Waals surface area contributed by atoms with Crippen LogP contribution >= 0.6 is 0 Å². The maximum absolute atomic E-state index is 15.4. The van der Waals surface area contributed by atoms with Crippen LogP contribution in [0.15, 0.2) is 90.9 Å². The van der Waals surface area contributed by atoms with E-state index >= 15 is 14.4 Å². The summed E-state index contributed by atoms with van der Waals surface area (Å²) in [4.78, 5) is 242. The third-order valence-electron chi connectivity index (χ3n) is 18.4. The minimum atomic E-state index is -2.73. The van der Waals surface area contributed by atoms with Gasteiger partial charge in [-0.05, 0) is 67.2 Å². The lowest BCUT2D eigenvalue weighted by Gasteiger charge is -2.29. The van der Waals surface area contributed by atoms with Crippen LogP contribution in [0.2, 0.25) is 0 Å². The molecule has 2 saturated heterocycles. The number of epoxide rings is 1.